The highest BCUT2D eigenvalue weighted by atomic mass is 19.4. The van der Waals surface area contributed by atoms with E-state index < -0.39 is 59.2 Å². The standard InChI is InChI=1S/C16H8F17NO2/c1-36-7-4-2-3-6(5-7)34-8(35)9(17,18)10(19,20)11(21,22)12(23,24)13(25,26)14(27,28)15(29,30)16(31,32)33/h2-5H,1H3,(H,34,35). The summed E-state index contributed by atoms with van der Waals surface area (Å²) in [7, 11) is 0.935. The molecular weight excluding hydrogens is 561 g/mol. The quantitative estimate of drug-likeness (QED) is 0.339. The number of halogens is 17. The zero-order valence-electron chi connectivity index (χ0n) is 16.6. The summed E-state index contributed by atoms with van der Waals surface area (Å²) in [6, 6.07) is 3.04. The molecule has 36 heavy (non-hydrogen) atoms. The number of anilines is 1. The molecule has 1 rings (SSSR count). The van der Waals surface area contributed by atoms with E-state index in [0.717, 1.165) is 24.6 Å². The third-order valence-corrected chi connectivity index (χ3v) is 4.33. The smallest absolute Gasteiger partial charge is 0.460 e. The Hall–Kier alpha value is -2.70. The van der Waals surface area contributed by atoms with Crippen LogP contribution in [0.3, 0.4) is 0 Å². The van der Waals surface area contributed by atoms with Crippen molar-refractivity contribution in [3.8, 4) is 5.75 Å². The van der Waals surface area contributed by atoms with Crippen molar-refractivity contribution in [3.63, 3.8) is 0 Å². The van der Waals surface area contributed by atoms with E-state index >= 15 is 0 Å². The van der Waals surface area contributed by atoms with Gasteiger partial charge in [0.05, 0.1) is 7.11 Å². The Bertz CT molecular complexity index is 970. The lowest BCUT2D eigenvalue weighted by molar-refractivity contribution is -0.459. The fourth-order valence-electron chi connectivity index (χ4n) is 2.22. The second kappa shape index (κ2) is 8.70. The summed E-state index contributed by atoms with van der Waals surface area (Å²) in [4.78, 5) is 11.4. The molecule has 0 atom stereocenters. The van der Waals surface area contributed by atoms with Crippen LogP contribution in [-0.4, -0.2) is 60.7 Å². The molecule has 208 valence electrons. The number of carbonyl (C=O) groups excluding carboxylic acids is 1. The summed E-state index contributed by atoms with van der Waals surface area (Å²) >= 11 is 0. The van der Waals surface area contributed by atoms with Gasteiger partial charge in [-0.3, -0.25) is 4.79 Å². The van der Waals surface area contributed by atoms with E-state index in [1.165, 1.54) is 0 Å². The van der Waals surface area contributed by atoms with Gasteiger partial charge in [0.1, 0.15) is 5.75 Å². The van der Waals surface area contributed by atoms with Crippen molar-refractivity contribution in [2.45, 2.75) is 47.6 Å². The summed E-state index contributed by atoms with van der Waals surface area (Å²) in [6.07, 6.45) is -7.84. The summed E-state index contributed by atoms with van der Waals surface area (Å²) in [5.74, 6) is -62.2. The molecule has 1 aromatic rings. The minimum absolute atomic E-state index is 0.313. The monoisotopic (exact) mass is 569 g/mol. The lowest BCUT2D eigenvalue weighted by Crippen LogP contribution is -2.75. The number of methoxy groups -OCH3 is 1. The van der Waals surface area contributed by atoms with Crippen LogP contribution < -0.4 is 10.1 Å². The van der Waals surface area contributed by atoms with Gasteiger partial charge in [0.25, 0.3) is 0 Å². The van der Waals surface area contributed by atoms with Crippen LogP contribution in [0.4, 0.5) is 80.3 Å². The van der Waals surface area contributed by atoms with E-state index in [-0.39, 0.29) is 5.75 Å². The van der Waals surface area contributed by atoms with Crippen molar-refractivity contribution in [2.75, 3.05) is 12.4 Å². The molecular formula is C16H8F17NO2. The highest BCUT2D eigenvalue weighted by molar-refractivity contribution is 5.97. The third-order valence-electron chi connectivity index (χ3n) is 4.33. The SMILES string of the molecule is COc1cccc(NC(=O)C(F)(F)C(F)(F)C(F)(F)C(F)(F)C(F)(F)C(F)(F)C(F)(F)C(F)(F)F)c1. The molecule has 0 fully saturated rings. The Balaban J connectivity index is 3.57. The molecule has 1 aromatic carbocycles. The number of ether oxygens (including phenoxy) is 1. The van der Waals surface area contributed by atoms with Gasteiger partial charge in [-0.15, -0.1) is 0 Å². The molecule has 0 radical (unpaired) electrons. The lowest BCUT2D eigenvalue weighted by Gasteiger charge is -2.42. The Morgan fingerprint density at radius 3 is 1.42 bits per heavy atom. The summed E-state index contributed by atoms with van der Waals surface area (Å²) < 4.78 is 229. The molecule has 1 N–H and O–H groups in total. The van der Waals surface area contributed by atoms with Gasteiger partial charge in [0.2, 0.25) is 0 Å². The van der Waals surface area contributed by atoms with Crippen molar-refractivity contribution in [3.05, 3.63) is 24.3 Å². The topological polar surface area (TPSA) is 38.3 Å². The molecule has 0 aromatic heterocycles. The summed E-state index contributed by atoms with van der Waals surface area (Å²) in [5, 5.41) is 0.768. The number of hydrogen-bond acceptors (Lipinski definition) is 2. The maximum atomic E-state index is 13.8. The van der Waals surface area contributed by atoms with Crippen molar-refractivity contribution in [1.29, 1.82) is 0 Å². The largest absolute Gasteiger partial charge is 0.497 e. The normalized spacial score (nSPS) is 15.1. The zero-order chi connectivity index (χ0) is 29.0. The van der Waals surface area contributed by atoms with Gasteiger partial charge >= 0.3 is 53.5 Å². The number of alkyl halides is 17. The van der Waals surface area contributed by atoms with Crippen LogP contribution in [0.1, 0.15) is 0 Å². The molecule has 0 heterocycles. The van der Waals surface area contributed by atoms with Crippen molar-refractivity contribution < 1.29 is 84.2 Å². The molecule has 1 amide bonds. The van der Waals surface area contributed by atoms with Crippen molar-refractivity contribution >= 4 is 11.6 Å². The van der Waals surface area contributed by atoms with Crippen molar-refractivity contribution in [1.82, 2.24) is 0 Å². The molecule has 3 nitrogen and oxygen atoms in total. The van der Waals surface area contributed by atoms with E-state index in [1.807, 2.05) is 0 Å². The van der Waals surface area contributed by atoms with E-state index in [2.05, 4.69) is 4.74 Å². The Kier molecular flexibility index (Phi) is 7.57. The molecule has 0 unspecified atom stereocenters. The third kappa shape index (κ3) is 4.24. The Morgan fingerprint density at radius 2 is 1.03 bits per heavy atom. The molecule has 20 heteroatoms. The predicted molar refractivity (Wildman–Crippen MR) is 82.3 cm³/mol. The van der Waals surface area contributed by atoms with Gasteiger partial charge in [0, 0.05) is 11.8 Å². The van der Waals surface area contributed by atoms with Gasteiger partial charge in [-0.25, -0.2) is 0 Å². The van der Waals surface area contributed by atoms with Gasteiger partial charge < -0.3 is 10.1 Å². The first kappa shape index (κ1) is 31.3. The Labute approximate surface area is 187 Å². The van der Waals surface area contributed by atoms with E-state index in [1.54, 1.807) is 0 Å². The molecule has 0 aliphatic rings. The lowest BCUT2D eigenvalue weighted by atomic mass is 9.89. The fourth-order valence-corrected chi connectivity index (χ4v) is 2.22. The minimum atomic E-state index is -8.76. The molecule has 0 aliphatic heterocycles. The molecule has 0 saturated heterocycles. The molecule has 0 bridgehead atoms. The average Bonchev–Trinajstić information content (AvgIpc) is 2.72. The number of nitrogens with one attached hydrogen (secondary N) is 1. The van der Waals surface area contributed by atoms with Crippen LogP contribution in [0.15, 0.2) is 24.3 Å². The predicted octanol–water partition coefficient (Wildman–Crippen LogP) is 6.64. The summed E-state index contributed by atoms with van der Waals surface area (Å²) in [6.45, 7) is 0. The Morgan fingerprint density at radius 1 is 0.639 bits per heavy atom. The molecule has 0 spiro atoms. The van der Waals surface area contributed by atoms with Gasteiger partial charge in [-0.05, 0) is 12.1 Å². The summed E-state index contributed by atoms with van der Waals surface area (Å²) in [5.41, 5.74) is -0.980. The van der Waals surface area contributed by atoms with Gasteiger partial charge in [-0.2, -0.15) is 74.6 Å². The first-order valence-corrected chi connectivity index (χ1v) is 8.35. The molecule has 0 aliphatic carbocycles. The highest BCUT2D eigenvalue weighted by Crippen LogP contribution is 2.64. The first-order chi connectivity index (χ1) is 15.7. The second-order valence-electron chi connectivity index (χ2n) is 6.70. The van der Waals surface area contributed by atoms with Gasteiger partial charge in [-0.1, -0.05) is 6.07 Å². The average molecular weight is 569 g/mol. The maximum absolute atomic E-state index is 13.8. The number of rotatable bonds is 9. The van der Waals surface area contributed by atoms with Crippen LogP contribution in [-0.2, 0) is 4.79 Å². The van der Waals surface area contributed by atoms with Crippen LogP contribution in [0.25, 0.3) is 0 Å². The minimum Gasteiger partial charge on any atom is -0.497 e. The van der Waals surface area contributed by atoms with E-state index in [0.29, 0.717) is 12.1 Å². The number of hydrogen-bond donors (Lipinski definition) is 1. The van der Waals surface area contributed by atoms with Crippen LogP contribution in [0, 0.1) is 0 Å². The zero-order valence-corrected chi connectivity index (χ0v) is 16.6. The van der Waals surface area contributed by atoms with E-state index in [9.17, 15) is 79.4 Å². The number of carbonyl (C=O) groups is 1. The molecule has 0 saturated carbocycles. The van der Waals surface area contributed by atoms with Crippen LogP contribution >= 0.6 is 0 Å². The fraction of sp³-hybridized carbons (Fsp3) is 0.562. The van der Waals surface area contributed by atoms with E-state index in [4.69, 9.17) is 0 Å². The number of amides is 1. The van der Waals surface area contributed by atoms with Crippen LogP contribution in [0.5, 0.6) is 5.75 Å². The highest BCUT2D eigenvalue weighted by Gasteiger charge is 2.95. The second-order valence-corrected chi connectivity index (χ2v) is 6.70. The maximum Gasteiger partial charge on any atom is 0.460 e. The van der Waals surface area contributed by atoms with Crippen LogP contribution in [0.2, 0.25) is 0 Å². The first-order valence-electron chi connectivity index (χ1n) is 8.35. The van der Waals surface area contributed by atoms with Gasteiger partial charge in [0.15, 0.2) is 0 Å². The number of benzene rings is 1. The van der Waals surface area contributed by atoms with Crippen molar-refractivity contribution in [2.24, 2.45) is 0 Å².